The number of halogens is 4. The van der Waals surface area contributed by atoms with Gasteiger partial charge in [0.15, 0.2) is 0 Å². The number of thioether (sulfide) groups is 1. The van der Waals surface area contributed by atoms with E-state index < -0.39 is 17.6 Å². The normalized spacial score (nSPS) is 14.4. The number of aromatic nitrogens is 2. The Hall–Kier alpha value is -2.76. The molecule has 0 bridgehead atoms. The van der Waals surface area contributed by atoms with Gasteiger partial charge in [-0.15, -0.1) is 10.2 Å². The van der Waals surface area contributed by atoms with E-state index in [9.17, 15) is 18.0 Å². The second kappa shape index (κ2) is 10.0. The standard InChI is InChI=1S/C21H18ClF3N4O3S/c22-15-3-1-2-13(10-15)19-27-28-20(32-19)33-12-18(30)26-16-5-4-14(21(23,24)25)11-17(16)29-6-8-31-9-7-29/h1-5,10-11H,6-9,12H2,(H,26,30). The predicted molar refractivity (Wildman–Crippen MR) is 119 cm³/mol. The first kappa shape index (κ1) is 23.4. The molecule has 0 unspecified atom stereocenters. The molecule has 33 heavy (non-hydrogen) atoms. The quantitative estimate of drug-likeness (QED) is 0.480. The summed E-state index contributed by atoms with van der Waals surface area (Å²) in [5.74, 6) is -0.227. The molecule has 1 saturated heterocycles. The van der Waals surface area contributed by atoms with Crippen LogP contribution in [0, 0.1) is 0 Å². The van der Waals surface area contributed by atoms with Crippen LogP contribution in [-0.4, -0.2) is 48.2 Å². The number of benzene rings is 2. The molecule has 2 aromatic carbocycles. The van der Waals surface area contributed by atoms with Crippen molar-refractivity contribution < 1.29 is 27.1 Å². The van der Waals surface area contributed by atoms with E-state index in [1.165, 1.54) is 6.07 Å². The van der Waals surface area contributed by atoms with Gasteiger partial charge in [0.25, 0.3) is 5.22 Å². The Morgan fingerprint density at radius 3 is 2.67 bits per heavy atom. The van der Waals surface area contributed by atoms with Crippen LogP contribution in [0.15, 0.2) is 52.1 Å². The molecule has 0 saturated carbocycles. The Bertz CT molecular complexity index is 1140. The van der Waals surface area contributed by atoms with E-state index in [1.807, 2.05) is 0 Å². The van der Waals surface area contributed by atoms with E-state index in [0.717, 1.165) is 23.9 Å². The van der Waals surface area contributed by atoms with Gasteiger partial charge in [-0.25, -0.2) is 0 Å². The molecule has 1 aromatic heterocycles. The SMILES string of the molecule is O=C(CSc1nnc(-c2cccc(Cl)c2)o1)Nc1ccc(C(F)(F)F)cc1N1CCOCC1. The average molecular weight is 499 g/mol. The number of amides is 1. The van der Waals surface area contributed by atoms with Gasteiger partial charge < -0.3 is 19.4 Å². The number of hydrogen-bond donors (Lipinski definition) is 1. The molecule has 4 rings (SSSR count). The van der Waals surface area contributed by atoms with Gasteiger partial charge >= 0.3 is 6.18 Å². The van der Waals surface area contributed by atoms with E-state index in [-0.39, 0.29) is 16.9 Å². The van der Waals surface area contributed by atoms with Crippen molar-refractivity contribution in [2.24, 2.45) is 0 Å². The van der Waals surface area contributed by atoms with Crippen LogP contribution in [0.4, 0.5) is 24.5 Å². The van der Waals surface area contributed by atoms with Gasteiger partial charge in [-0.3, -0.25) is 4.79 Å². The van der Waals surface area contributed by atoms with Crippen molar-refractivity contribution in [2.45, 2.75) is 11.4 Å². The van der Waals surface area contributed by atoms with Gasteiger partial charge in [-0.1, -0.05) is 29.4 Å². The first-order valence-electron chi connectivity index (χ1n) is 9.85. The summed E-state index contributed by atoms with van der Waals surface area (Å²) < 4.78 is 50.5. The predicted octanol–water partition coefficient (Wildman–Crippen LogP) is 4.98. The zero-order valence-corrected chi connectivity index (χ0v) is 18.6. The summed E-state index contributed by atoms with van der Waals surface area (Å²) in [5, 5.41) is 11.2. The Morgan fingerprint density at radius 2 is 1.94 bits per heavy atom. The number of nitrogens with zero attached hydrogens (tertiary/aromatic N) is 3. The topological polar surface area (TPSA) is 80.5 Å². The van der Waals surface area contributed by atoms with Crippen LogP contribution < -0.4 is 10.2 Å². The maximum atomic E-state index is 13.2. The van der Waals surface area contributed by atoms with Crippen LogP contribution in [0.2, 0.25) is 5.02 Å². The lowest BCUT2D eigenvalue weighted by Crippen LogP contribution is -2.37. The summed E-state index contributed by atoms with van der Waals surface area (Å²) in [7, 11) is 0. The molecule has 3 aromatic rings. The van der Waals surface area contributed by atoms with Crippen molar-refractivity contribution in [1.82, 2.24) is 10.2 Å². The van der Waals surface area contributed by atoms with Crippen molar-refractivity contribution in [2.75, 3.05) is 42.3 Å². The molecule has 0 radical (unpaired) electrons. The molecule has 7 nitrogen and oxygen atoms in total. The number of ether oxygens (including phenoxy) is 1. The molecule has 1 aliphatic rings. The number of hydrogen-bond acceptors (Lipinski definition) is 7. The van der Waals surface area contributed by atoms with E-state index in [1.54, 1.807) is 29.2 Å². The van der Waals surface area contributed by atoms with Crippen molar-refractivity contribution in [3.8, 4) is 11.5 Å². The maximum Gasteiger partial charge on any atom is 0.416 e. The Morgan fingerprint density at radius 1 is 1.15 bits per heavy atom. The lowest BCUT2D eigenvalue weighted by Gasteiger charge is -2.31. The number of morpholine rings is 1. The number of carbonyl (C=O) groups is 1. The molecule has 1 fully saturated rings. The highest BCUT2D eigenvalue weighted by atomic mass is 35.5. The second-order valence-corrected chi connectivity index (χ2v) is 8.41. The maximum absolute atomic E-state index is 13.2. The third kappa shape index (κ3) is 5.98. The van der Waals surface area contributed by atoms with Gasteiger partial charge in [0.2, 0.25) is 11.8 Å². The highest BCUT2D eigenvalue weighted by Crippen LogP contribution is 2.36. The van der Waals surface area contributed by atoms with Gasteiger partial charge in [0.1, 0.15) is 0 Å². The van der Waals surface area contributed by atoms with Gasteiger partial charge in [0, 0.05) is 23.7 Å². The van der Waals surface area contributed by atoms with Crippen LogP contribution >= 0.6 is 23.4 Å². The third-order valence-corrected chi connectivity index (χ3v) is 5.81. The molecule has 0 spiro atoms. The molecule has 1 amide bonds. The van der Waals surface area contributed by atoms with E-state index in [2.05, 4.69) is 15.5 Å². The second-order valence-electron chi connectivity index (χ2n) is 7.05. The van der Waals surface area contributed by atoms with Crippen LogP contribution in [0.5, 0.6) is 0 Å². The van der Waals surface area contributed by atoms with Gasteiger partial charge in [0.05, 0.1) is 35.9 Å². The van der Waals surface area contributed by atoms with Crippen molar-refractivity contribution in [3.63, 3.8) is 0 Å². The van der Waals surface area contributed by atoms with Crippen molar-refractivity contribution in [1.29, 1.82) is 0 Å². The minimum atomic E-state index is -4.49. The van der Waals surface area contributed by atoms with Crippen LogP contribution in [0.3, 0.4) is 0 Å². The summed E-state index contributed by atoms with van der Waals surface area (Å²) in [6.45, 7) is 1.64. The monoisotopic (exact) mass is 498 g/mol. The first-order chi connectivity index (χ1) is 15.8. The molecular weight excluding hydrogens is 481 g/mol. The largest absolute Gasteiger partial charge is 0.416 e. The summed E-state index contributed by atoms with van der Waals surface area (Å²) in [6, 6.07) is 10.2. The fourth-order valence-electron chi connectivity index (χ4n) is 3.20. The highest BCUT2D eigenvalue weighted by molar-refractivity contribution is 7.99. The third-order valence-electron chi connectivity index (χ3n) is 4.76. The summed E-state index contributed by atoms with van der Waals surface area (Å²) >= 11 is 6.98. The summed E-state index contributed by atoms with van der Waals surface area (Å²) in [6.07, 6.45) is -4.49. The minimum absolute atomic E-state index is 0.0687. The zero-order chi connectivity index (χ0) is 23.4. The zero-order valence-electron chi connectivity index (χ0n) is 17.1. The number of alkyl halides is 3. The van der Waals surface area contributed by atoms with Gasteiger partial charge in [-0.05, 0) is 36.4 Å². The molecule has 1 N–H and O–H groups in total. The lowest BCUT2D eigenvalue weighted by atomic mass is 10.1. The van der Waals surface area contributed by atoms with Gasteiger partial charge in [-0.2, -0.15) is 13.2 Å². The van der Waals surface area contributed by atoms with E-state index in [0.29, 0.717) is 48.3 Å². The van der Waals surface area contributed by atoms with Crippen molar-refractivity contribution >= 4 is 40.6 Å². The number of carbonyl (C=O) groups excluding carboxylic acids is 1. The van der Waals surface area contributed by atoms with Crippen LogP contribution in [0.25, 0.3) is 11.5 Å². The molecular formula is C21H18ClF3N4O3S. The number of rotatable bonds is 6. The summed E-state index contributed by atoms with van der Waals surface area (Å²) in [4.78, 5) is 14.3. The Balaban J connectivity index is 1.44. The number of anilines is 2. The lowest BCUT2D eigenvalue weighted by molar-refractivity contribution is -0.137. The number of nitrogens with one attached hydrogen (secondary N) is 1. The van der Waals surface area contributed by atoms with E-state index >= 15 is 0 Å². The average Bonchev–Trinajstić information content (AvgIpc) is 3.27. The highest BCUT2D eigenvalue weighted by Gasteiger charge is 2.32. The first-order valence-corrected chi connectivity index (χ1v) is 11.2. The fraction of sp³-hybridized carbons (Fsp3) is 0.286. The molecule has 174 valence electrons. The summed E-state index contributed by atoms with van der Waals surface area (Å²) in [5.41, 5.74) is 0.454. The van der Waals surface area contributed by atoms with Crippen LogP contribution in [0.1, 0.15) is 5.56 Å². The molecule has 2 heterocycles. The molecule has 12 heteroatoms. The fourth-order valence-corrected chi connectivity index (χ4v) is 3.95. The minimum Gasteiger partial charge on any atom is -0.411 e. The molecule has 0 atom stereocenters. The van der Waals surface area contributed by atoms with E-state index in [4.69, 9.17) is 20.8 Å². The molecule has 1 aliphatic heterocycles. The smallest absolute Gasteiger partial charge is 0.411 e. The molecule has 0 aliphatic carbocycles. The Labute approximate surface area is 196 Å². The van der Waals surface area contributed by atoms with Crippen LogP contribution in [-0.2, 0) is 15.7 Å². The van der Waals surface area contributed by atoms with Crippen molar-refractivity contribution in [3.05, 3.63) is 53.1 Å². The Kier molecular flexibility index (Phi) is 7.11.